The Labute approximate surface area is 153 Å². The van der Waals surface area contributed by atoms with E-state index in [0.29, 0.717) is 18.3 Å². The molecule has 3 aromatic rings. The summed E-state index contributed by atoms with van der Waals surface area (Å²) in [4.78, 5) is 16.1. The summed E-state index contributed by atoms with van der Waals surface area (Å²) in [6.45, 7) is 4.60. The molecular formula is C21H23N5. The molecule has 0 bridgehead atoms. The number of hydrogen-bond donors (Lipinski definition) is 1. The molecule has 5 nitrogen and oxygen atoms in total. The normalized spacial score (nSPS) is 15.7. The highest BCUT2D eigenvalue weighted by Crippen LogP contribution is 2.38. The zero-order valence-corrected chi connectivity index (χ0v) is 15.2. The lowest BCUT2D eigenvalue weighted by molar-refractivity contribution is 0.591. The molecule has 0 saturated carbocycles. The molecule has 1 aliphatic carbocycles. The van der Waals surface area contributed by atoms with Crippen LogP contribution in [-0.4, -0.2) is 15.0 Å². The maximum atomic E-state index is 6.15. The first-order valence-electron chi connectivity index (χ1n) is 8.98. The van der Waals surface area contributed by atoms with E-state index in [9.17, 15) is 0 Å². The Morgan fingerprint density at radius 1 is 1.08 bits per heavy atom. The van der Waals surface area contributed by atoms with Gasteiger partial charge in [0.2, 0.25) is 5.95 Å². The fourth-order valence-corrected chi connectivity index (χ4v) is 3.61. The van der Waals surface area contributed by atoms with Crippen molar-refractivity contribution in [3.63, 3.8) is 0 Å². The molecular weight excluding hydrogens is 322 g/mol. The number of fused-ring (bicyclic) bond motifs is 1. The first kappa shape index (κ1) is 16.5. The van der Waals surface area contributed by atoms with Crippen LogP contribution < -0.4 is 10.6 Å². The monoisotopic (exact) mass is 345 g/mol. The molecule has 0 radical (unpaired) electrons. The smallest absolute Gasteiger partial charge is 0.228 e. The second-order valence-corrected chi connectivity index (χ2v) is 6.82. The van der Waals surface area contributed by atoms with Gasteiger partial charge in [-0.2, -0.15) is 4.98 Å². The standard InChI is InChI=1S/C21H23N5/c1-14-15(2)24-21(25-20(14)22)26(13-17-8-5-6-12-23-17)19-11-10-16-7-3-4-9-18(16)19/h3-9,12,19H,10-11,13H2,1-2H3,(H2,22,24,25). The van der Waals surface area contributed by atoms with Crippen molar-refractivity contribution in [3.8, 4) is 0 Å². The summed E-state index contributed by atoms with van der Waals surface area (Å²) in [7, 11) is 0. The van der Waals surface area contributed by atoms with Crippen LogP contribution in [0.2, 0.25) is 0 Å². The van der Waals surface area contributed by atoms with E-state index in [1.54, 1.807) is 0 Å². The highest BCUT2D eigenvalue weighted by molar-refractivity contribution is 5.50. The lowest BCUT2D eigenvalue weighted by Crippen LogP contribution is -2.29. The first-order chi connectivity index (χ1) is 12.6. The second kappa shape index (κ2) is 6.75. The largest absolute Gasteiger partial charge is 0.383 e. The summed E-state index contributed by atoms with van der Waals surface area (Å²) >= 11 is 0. The molecule has 2 heterocycles. The molecule has 26 heavy (non-hydrogen) atoms. The van der Waals surface area contributed by atoms with E-state index < -0.39 is 0 Å². The number of anilines is 2. The molecule has 0 spiro atoms. The summed E-state index contributed by atoms with van der Waals surface area (Å²) < 4.78 is 0. The number of aromatic nitrogens is 3. The van der Waals surface area contributed by atoms with Crippen molar-refractivity contribution in [3.05, 3.63) is 76.7 Å². The molecule has 0 aliphatic heterocycles. The van der Waals surface area contributed by atoms with Gasteiger partial charge in [0.05, 0.1) is 18.3 Å². The van der Waals surface area contributed by atoms with Gasteiger partial charge in [0.1, 0.15) is 5.82 Å². The molecule has 4 rings (SSSR count). The quantitative estimate of drug-likeness (QED) is 0.780. The van der Waals surface area contributed by atoms with E-state index >= 15 is 0 Å². The van der Waals surface area contributed by atoms with E-state index in [4.69, 9.17) is 10.7 Å². The summed E-state index contributed by atoms with van der Waals surface area (Å²) in [5, 5.41) is 0. The lowest BCUT2D eigenvalue weighted by Gasteiger charge is -2.30. The molecule has 2 N–H and O–H groups in total. The summed E-state index contributed by atoms with van der Waals surface area (Å²) in [6.07, 6.45) is 3.94. The lowest BCUT2D eigenvalue weighted by atomic mass is 10.1. The van der Waals surface area contributed by atoms with Gasteiger partial charge in [-0.3, -0.25) is 4.98 Å². The van der Waals surface area contributed by atoms with Crippen molar-refractivity contribution >= 4 is 11.8 Å². The molecule has 0 amide bonds. The highest BCUT2D eigenvalue weighted by Gasteiger charge is 2.30. The van der Waals surface area contributed by atoms with Crippen LogP contribution in [0.5, 0.6) is 0 Å². The van der Waals surface area contributed by atoms with Crippen LogP contribution in [0, 0.1) is 13.8 Å². The van der Waals surface area contributed by atoms with Crippen LogP contribution in [0.15, 0.2) is 48.7 Å². The number of nitrogen functional groups attached to an aromatic ring is 1. The van der Waals surface area contributed by atoms with Crippen molar-refractivity contribution in [2.75, 3.05) is 10.6 Å². The molecule has 132 valence electrons. The Morgan fingerprint density at radius 2 is 1.88 bits per heavy atom. The second-order valence-electron chi connectivity index (χ2n) is 6.82. The molecule has 0 saturated heterocycles. The fourth-order valence-electron chi connectivity index (χ4n) is 3.61. The average molecular weight is 345 g/mol. The molecule has 1 aromatic carbocycles. The van der Waals surface area contributed by atoms with Gasteiger partial charge in [0, 0.05) is 17.5 Å². The number of benzene rings is 1. The van der Waals surface area contributed by atoms with E-state index in [1.807, 2.05) is 38.2 Å². The van der Waals surface area contributed by atoms with Crippen LogP contribution in [0.25, 0.3) is 0 Å². The zero-order chi connectivity index (χ0) is 18.1. The Bertz CT molecular complexity index is 900. The van der Waals surface area contributed by atoms with Crippen molar-refractivity contribution < 1.29 is 0 Å². The van der Waals surface area contributed by atoms with Crippen LogP contribution in [0.4, 0.5) is 11.8 Å². The SMILES string of the molecule is Cc1nc(N(Cc2ccccn2)C2CCc3ccccc32)nc(N)c1C. The fraction of sp³-hybridized carbons (Fsp3) is 0.286. The first-order valence-corrected chi connectivity index (χ1v) is 8.98. The van der Waals surface area contributed by atoms with Crippen LogP contribution >= 0.6 is 0 Å². The molecule has 1 aliphatic rings. The van der Waals surface area contributed by atoms with E-state index in [-0.39, 0.29) is 6.04 Å². The van der Waals surface area contributed by atoms with Crippen molar-refractivity contribution in [2.24, 2.45) is 0 Å². The molecule has 5 heteroatoms. The molecule has 1 atom stereocenters. The van der Waals surface area contributed by atoms with Gasteiger partial charge >= 0.3 is 0 Å². The maximum absolute atomic E-state index is 6.15. The highest BCUT2D eigenvalue weighted by atomic mass is 15.3. The van der Waals surface area contributed by atoms with Gasteiger partial charge in [-0.1, -0.05) is 30.3 Å². The van der Waals surface area contributed by atoms with E-state index in [1.165, 1.54) is 11.1 Å². The van der Waals surface area contributed by atoms with E-state index in [2.05, 4.69) is 39.1 Å². The maximum Gasteiger partial charge on any atom is 0.228 e. The topological polar surface area (TPSA) is 67.9 Å². The van der Waals surface area contributed by atoms with Crippen molar-refractivity contribution in [2.45, 2.75) is 39.3 Å². The number of nitrogens with two attached hydrogens (primary N) is 1. The number of hydrogen-bond acceptors (Lipinski definition) is 5. The number of pyridine rings is 1. The minimum absolute atomic E-state index is 0.231. The third-order valence-corrected chi connectivity index (χ3v) is 5.21. The third kappa shape index (κ3) is 3.01. The Morgan fingerprint density at radius 3 is 2.65 bits per heavy atom. The van der Waals surface area contributed by atoms with Gasteiger partial charge in [0.15, 0.2) is 0 Å². The average Bonchev–Trinajstić information content (AvgIpc) is 3.08. The summed E-state index contributed by atoms with van der Waals surface area (Å²) in [5.41, 5.74) is 11.8. The molecule has 1 unspecified atom stereocenters. The van der Waals surface area contributed by atoms with Gasteiger partial charge in [-0.05, 0) is 49.9 Å². The van der Waals surface area contributed by atoms with E-state index in [0.717, 1.165) is 29.8 Å². The van der Waals surface area contributed by atoms with Crippen LogP contribution in [-0.2, 0) is 13.0 Å². The van der Waals surface area contributed by atoms with Gasteiger partial charge in [0.25, 0.3) is 0 Å². The zero-order valence-electron chi connectivity index (χ0n) is 15.2. The van der Waals surface area contributed by atoms with Crippen LogP contribution in [0.3, 0.4) is 0 Å². The van der Waals surface area contributed by atoms with Crippen molar-refractivity contribution in [1.29, 1.82) is 0 Å². The summed E-state index contributed by atoms with van der Waals surface area (Å²) in [5.74, 6) is 1.22. The Hall–Kier alpha value is -2.95. The van der Waals surface area contributed by atoms with Gasteiger partial charge < -0.3 is 10.6 Å². The van der Waals surface area contributed by atoms with Crippen LogP contribution in [0.1, 0.15) is 40.5 Å². The molecule has 0 fully saturated rings. The Balaban J connectivity index is 1.78. The Kier molecular flexibility index (Phi) is 4.29. The predicted octanol–water partition coefficient (Wildman–Crippen LogP) is 3.76. The van der Waals surface area contributed by atoms with Gasteiger partial charge in [-0.25, -0.2) is 4.98 Å². The summed E-state index contributed by atoms with van der Waals surface area (Å²) in [6, 6.07) is 14.8. The molecule has 2 aromatic heterocycles. The van der Waals surface area contributed by atoms with Gasteiger partial charge in [-0.15, -0.1) is 0 Å². The minimum Gasteiger partial charge on any atom is -0.383 e. The predicted molar refractivity (Wildman–Crippen MR) is 104 cm³/mol. The minimum atomic E-state index is 0.231. The third-order valence-electron chi connectivity index (χ3n) is 5.21. The number of nitrogens with zero attached hydrogens (tertiary/aromatic N) is 4. The number of rotatable bonds is 4. The van der Waals surface area contributed by atoms with Crippen molar-refractivity contribution in [1.82, 2.24) is 15.0 Å². The number of aryl methyl sites for hydroxylation is 2.